The average Bonchev–Trinajstić information content (AvgIpc) is 2.72. The molecular formula is C23H18O4S. The van der Waals surface area contributed by atoms with Crippen molar-refractivity contribution < 1.29 is 17.9 Å². The number of carbonyl (C=O) groups is 1. The van der Waals surface area contributed by atoms with Crippen LogP contribution in [0.4, 0.5) is 0 Å². The molecule has 0 saturated heterocycles. The highest BCUT2D eigenvalue weighted by Gasteiger charge is 2.32. The van der Waals surface area contributed by atoms with Gasteiger partial charge < -0.3 is 4.74 Å². The first kappa shape index (κ1) is 18.2. The molecule has 0 fully saturated rings. The van der Waals surface area contributed by atoms with E-state index < -0.39 is 9.84 Å². The zero-order valence-electron chi connectivity index (χ0n) is 15.0. The summed E-state index contributed by atoms with van der Waals surface area (Å²) in [6.07, 6.45) is 1.64. The molecule has 0 spiro atoms. The van der Waals surface area contributed by atoms with Gasteiger partial charge in [0.2, 0.25) is 0 Å². The number of carbonyl (C=O) groups excluding carboxylic acids is 1. The molecule has 4 rings (SSSR count). The molecule has 0 aliphatic carbocycles. The van der Waals surface area contributed by atoms with Gasteiger partial charge in [-0.3, -0.25) is 4.79 Å². The Morgan fingerprint density at radius 3 is 2.29 bits per heavy atom. The third-order valence-electron chi connectivity index (χ3n) is 4.57. The van der Waals surface area contributed by atoms with Crippen LogP contribution >= 0.6 is 0 Å². The van der Waals surface area contributed by atoms with Gasteiger partial charge in [-0.2, -0.15) is 0 Å². The molecule has 0 unspecified atom stereocenters. The molecule has 4 nitrogen and oxygen atoms in total. The summed E-state index contributed by atoms with van der Waals surface area (Å²) < 4.78 is 30.7. The molecule has 0 N–H and O–H groups in total. The fourth-order valence-corrected chi connectivity index (χ4v) is 4.72. The summed E-state index contributed by atoms with van der Waals surface area (Å²) >= 11 is 0. The quantitative estimate of drug-likeness (QED) is 0.623. The molecule has 0 amide bonds. The van der Waals surface area contributed by atoms with Crippen LogP contribution in [0.25, 0.3) is 6.08 Å². The van der Waals surface area contributed by atoms with Gasteiger partial charge >= 0.3 is 0 Å². The molecular weight excluding hydrogens is 372 g/mol. The summed E-state index contributed by atoms with van der Waals surface area (Å²) in [6.45, 7) is 0.467. The van der Waals surface area contributed by atoms with Gasteiger partial charge in [0.05, 0.1) is 10.6 Å². The number of Topliss-reactive ketones (excluding diaryl/α,β-unsaturated/α-hetero) is 1. The fourth-order valence-electron chi connectivity index (χ4n) is 3.16. The average molecular weight is 390 g/mol. The van der Waals surface area contributed by atoms with Crippen molar-refractivity contribution in [2.24, 2.45) is 0 Å². The Labute approximate surface area is 164 Å². The summed E-state index contributed by atoms with van der Waals surface area (Å²) in [5.74, 6) is 0.184. The SMILES string of the molecule is O=C1/C(=C\c2ccc(OCc3ccccc3)cc2)CS(=O)(=O)c2ccccc21. The van der Waals surface area contributed by atoms with E-state index in [-0.39, 0.29) is 27.6 Å². The van der Waals surface area contributed by atoms with E-state index in [1.54, 1.807) is 24.3 Å². The first-order valence-electron chi connectivity index (χ1n) is 8.87. The Hall–Kier alpha value is -3.18. The normalized spacial score (nSPS) is 16.6. The summed E-state index contributed by atoms with van der Waals surface area (Å²) in [5, 5.41) is 0. The van der Waals surface area contributed by atoms with Crippen molar-refractivity contribution in [3.05, 3.63) is 101 Å². The van der Waals surface area contributed by atoms with Crippen molar-refractivity contribution >= 4 is 21.7 Å². The molecule has 3 aromatic carbocycles. The number of rotatable bonds is 4. The van der Waals surface area contributed by atoms with Crippen molar-refractivity contribution in [3.63, 3.8) is 0 Å². The number of benzene rings is 3. The molecule has 1 aliphatic rings. The topological polar surface area (TPSA) is 60.4 Å². The van der Waals surface area contributed by atoms with Crippen LogP contribution in [0, 0.1) is 0 Å². The monoisotopic (exact) mass is 390 g/mol. The largest absolute Gasteiger partial charge is 0.489 e. The van der Waals surface area contributed by atoms with Gasteiger partial charge in [0.25, 0.3) is 0 Å². The maximum Gasteiger partial charge on any atom is 0.191 e. The minimum Gasteiger partial charge on any atom is -0.489 e. The van der Waals surface area contributed by atoms with E-state index in [0.717, 1.165) is 11.1 Å². The summed E-state index contributed by atoms with van der Waals surface area (Å²) in [5.41, 5.74) is 2.34. The van der Waals surface area contributed by atoms with Gasteiger partial charge in [-0.05, 0) is 41.5 Å². The lowest BCUT2D eigenvalue weighted by Gasteiger charge is -2.17. The minimum absolute atomic E-state index is 0.113. The molecule has 0 radical (unpaired) electrons. The van der Waals surface area contributed by atoms with Crippen LogP contribution in [0.3, 0.4) is 0 Å². The number of ketones is 1. The van der Waals surface area contributed by atoms with Gasteiger partial charge in [-0.1, -0.05) is 54.6 Å². The van der Waals surface area contributed by atoms with Crippen molar-refractivity contribution in [2.45, 2.75) is 11.5 Å². The van der Waals surface area contributed by atoms with E-state index in [2.05, 4.69) is 0 Å². The van der Waals surface area contributed by atoms with Gasteiger partial charge in [-0.25, -0.2) is 8.42 Å². The molecule has 140 valence electrons. The van der Waals surface area contributed by atoms with E-state index >= 15 is 0 Å². The maximum atomic E-state index is 12.7. The molecule has 28 heavy (non-hydrogen) atoms. The molecule has 1 aliphatic heterocycles. The van der Waals surface area contributed by atoms with Gasteiger partial charge in [0, 0.05) is 11.1 Å². The molecule has 5 heteroatoms. The lowest BCUT2D eigenvalue weighted by atomic mass is 10.0. The predicted octanol–water partition coefficient (Wildman–Crippen LogP) is 4.32. The van der Waals surface area contributed by atoms with Crippen molar-refractivity contribution in [1.82, 2.24) is 0 Å². The molecule has 0 atom stereocenters. The Balaban J connectivity index is 1.54. The number of sulfone groups is 1. The van der Waals surface area contributed by atoms with Crippen LogP contribution < -0.4 is 4.74 Å². The summed E-state index contributed by atoms with van der Waals surface area (Å²) in [7, 11) is -3.51. The predicted molar refractivity (Wildman–Crippen MR) is 108 cm³/mol. The Morgan fingerprint density at radius 1 is 0.857 bits per heavy atom. The van der Waals surface area contributed by atoms with E-state index in [9.17, 15) is 13.2 Å². The highest BCUT2D eigenvalue weighted by molar-refractivity contribution is 7.91. The van der Waals surface area contributed by atoms with E-state index in [4.69, 9.17) is 4.74 Å². The lowest BCUT2D eigenvalue weighted by molar-refractivity contribution is 0.103. The highest BCUT2D eigenvalue weighted by Crippen LogP contribution is 2.29. The van der Waals surface area contributed by atoms with E-state index in [0.29, 0.717) is 12.4 Å². The molecule has 0 aromatic heterocycles. The Bertz CT molecular complexity index is 1140. The summed E-state index contributed by atoms with van der Waals surface area (Å²) in [6, 6.07) is 23.5. The molecule has 0 bridgehead atoms. The Morgan fingerprint density at radius 2 is 1.54 bits per heavy atom. The van der Waals surface area contributed by atoms with Gasteiger partial charge in [0.15, 0.2) is 15.6 Å². The maximum absolute atomic E-state index is 12.7. The van der Waals surface area contributed by atoms with Crippen LogP contribution in [-0.4, -0.2) is 20.0 Å². The third kappa shape index (κ3) is 3.75. The lowest BCUT2D eigenvalue weighted by Crippen LogP contribution is -2.24. The second-order valence-corrected chi connectivity index (χ2v) is 8.56. The fraction of sp³-hybridized carbons (Fsp3) is 0.0870. The molecule has 1 heterocycles. The van der Waals surface area contributed by atoms with Crippen LogP contribution in [-0.2, 0) is 16.4 Å². The van der Waals surface area contributed by atoms with Crippen LogP contribution in [0.5, 0.6) is 5.75 Å². The molecule has 3 aromatic rings. The number of fused-ring (bicyclic) bond motifs is 1. The first-order valence-corrected chi connectivity index (χ1v) is 10.5. The van der Waals surface area contributed by atoms with Crippen molar-refractivity contribution in [3.8, 4) is 5.75 Å². The third-order valence-corrected chi connectivity index (χ3v) is 6.29. The second-order valence-electron chi connectivity index (χ2n) is 6.60. The zero-order chi connectivity index (χ0) is 19.6. The summed E-state index contributed by atoms with van der Waals surface area (Å²) in [4.78, 5) is 12.8. The van der Waals surface area contributed by atoms with Crippen molar-refractivity contribution in [1.29, 1.82) is 0 Å². The van der Waals surface area contributed by atoms with Crippen LogP contribution in [0.2, 0.25) is 0 Å². The minimum atomic E-state index is -3.51. The van der Waals surface area contributed by atoms with Gasteiger partial charge in [-0.15, -0.1) is 0 Å². The standard InChI is InChI=1S/C23H18O4S/c24-23-19(16-28(25,26)22-9-5-4-8-21(22)23)14-17-10-12-20(13-11-17)27-15-18-6-2-1-3-7-18/h1-14H,15-16H2/b19-14-. The smallest absolute Gasteiger partial charge is 0.191 e. The molecule has 0 saturated carbocycles. The van der Waals surface area contributed by atoms with Crippen LogP contribution in [0.1, 0.15) is 21.5 Å². The number of ether oxygens (including phenoxy) is 1. The van der Waals surface area contributed by atoms with Crippen molar-refractivity contribution in [2.75, 3.05) is 5.75 Å². The Kier molecular flexibility index (Phi) is 4.84. The zero-order valence-corrected chi connectivity index (χ0v) is 15.9. The number of hydrogen-bond acceptors (Lipinski definition) is 4. The van der Waals surface area contributed by atoms with Crippen LogP contribution in [0.15, 0.2) is 89.3 Å². The highest BCUT2D eigenvalue weighted by atomic mass is 32.2. The second kappa shape index (κ2) is 7.44. The van der Waals surface area contributed by atoms with Gasteiger partial charge in [0.1, 0.15) is 12.4 Å². The van der Waals surface area contributed by atoms with E-state index in [1.807, 2.05) is 54.6 Å². The first-order chi connectivity index (χ1) is 13.5. The number of hydrogen-bond donors (Lipinski definition) is 0. The van der Waals surface area contributed by atoms with E-state index in [1.165, 1.54) is 6.07 Å².